The third-order valence-corrected chi connectivity index (χ3v) is 7.27. The molecular formula is C29H20BrFN2O2. The highest BCUT2D eigenvalue weighted by Crippen LogP contribution is 2.45. The average Bonchev–Trinajstić information content (AvgIpc) is 3.61. The number of pyridine rings is 1. The van der Waals surface area contributed by atoms with Gasteiger partial charge in [-0.1, -0.05) is 42.5 Å². The van der Waals surface area contributed by atoms with E-state index >= 15 is 0 Å². The lowest BCUT2D eigenvalue weighted by molar-refractivity contribution is 0.0931. The molecule has 5 aromatic rings. The number of halogens is 2. The molecule has 3 aromatic carbocycles. The molecule has 6 rings (SSSR count). The van der Waals surface area contributed by atoms with Crippen LogP contribution < -0.4 is 5.32 Å². The molecule has 0 aliphatic heterocycles. The van der Waals surface area contributed by atoms with Crippen molar-refractivity contribution in [1.29, 1.82) is 0 Å². The number of hydrogen-bond donors (Lipinski definition) is 1. The van der Waals surface area contributed by atoms with Gasteiger partial charge in [0.1, 0.15) is 5.82 Å². The maximum atomic E-state index is 13.3. The number of fused-ring (bicyclic) bond motifs is 1. The number of amides is 1. The van der Waals surface area contributed by atoms with Gasteiger partial charge in [-0.15, -0.1) is 0 Å². The Balaban J connectivity index is 1.30. The van der Waals surface area contributed by atoms with Crippen molar-refractivity contribution >= 4 is 32.9 Å². The van der Waals surface area contributed by atoms with Crippen LogP contribution in [0.25, 0.3) is 33.6 Å². The smallest absolute Gasteiger partial charge is 0.251 e. The molecule has 1 N–H and O–H groups in total. The first kappa shape index (κ1) is 21.7. The number of nitrogens with one attached hydrogen (secondary N) is 1. The van der Waals surface area contributed by atoms with Gasteiger partial charge in [0.05, 0.1) is 15.4 Å². The van der Waals surface area contributed by atoms with Crippen molar-refractivity contribution in [3.05, 3.63) is 113 Å². The lowest BCUT2D eigenvalue weighted by Crippen LogP contribution is -2.34. The molecule has 6 heteroatoms. The van der Waals surface area contributed by atoms with Gasteiger partial charge >= 0.3 is 0 Å². The molecule has 0 spiro atoms. The monoisotopic (exact) mass is 526 g/mol. The van der Waals surface area contributed by atoms with E-state index in [9.17, 15) is 9.18 Å². The quantitative estimate of drug-likeness (QED) is 0.258. The molecule has 1 saturated carbocycles. The fraction of sp³-hybridized carbons (Fsp3) is 0.103. The summed E-state index contributed by atoms with van der Waals surface area (Å²) in [7, 11) is 0. The fourth-order valence-corrected chi connectivity index (χ4v) is 4.99. The van der Waals surface area contributed by atoms with Crippen molar-refractivity contribution in [1.82, 2.24) is 10.3 Å². The predicted octanol–water partition coefficient (Wildman–Crippen LogP) is 7.48. The Morgan fingerprint density at radius 3 is 2.43 bits per heavy atom. The minimum absolute atomic E-state index is 0.0923. The van der Waals surface area contributed by atoms with Gasteiger partial charge in [-0.3, -0.25) is 4.79 Å². The topological polar surface area (TPSA) is 55.1 Å². The molecule has 0 unspecified atom stereocenters. The Morgan fingerprint density at radius 2 is 1.69 bits per heavy atom. The van der Waals surface area contributed by atoms with Crippen molar-refractivity contribution in [2.75, 3.05) is 0 Å². The number of carbonyl (C=O) groups excluding carboxylic acids is 1. The molecule has 2 aromatic heterocycles. The number of rotatable bonds is 5. The zero-order valence-electron chi connectivity index (χ0n) is 18.6. The molecule has 1 fully saturated rings. The lowest BCUT2D eigenvalue weighted by atomic mass is 10.0. The second kappa shape index (κ2) is 8.47. The Morgan fingerprint density at radius 1 is 0.914 bits per heavy atom. The SMILES string of the molecule is O=C(NC1(c2ccccc2)CC1)c1cccc(-c2cnc3oc(-c4ccc(F)cc4)c(Br)c3c2)c1. The highest BCUT2D eigenvalue weighted by molar-refractivity contribution is 9.10. The highest BCUT2D eigenvalue weighted by Gasteiger charge is 2.45. The Kier molecular flexibility index (Phi) is 5.26. The normalized spacial score (nSPS) is 14.1. The molecule has 2 heterocycles. The van der Waals surface area contributed by atoms with Gasteiger partial charge in [0.2, 0.25) is 5.71 Å². The van der Waals surface area contributed by atoms with E-state index in [0.717, 1.165) is 45.0 Å². The van der Waals surface area contributed by atoms with E-state index in [4.69, 9.17) is 4.42 Å². The van der Waals surface area contributed by atoms with Gasteiger partial charge in [0.25, 0.3) is 5.91 Å². The van der Waals surface area contributed by atoms with Crippen molar-refractivity contribution < 1.29 is 13.6 Å². The summed E-state index contributed by atoms with van der Waals surface area (Å²) in [4.78, 5) is 17.6. The predicted molar refractivity (Wildman–Crippen MR) is 137 cm³/mol. The third-order valence-electron chi connectivity index (χ3n) is 6.48. The van der Waals surface area contributed by atoms with E-state index in [0.29, 0.717) is 17.0 Å². The number of hydrogen-bond acceptors (Lipinski definition) is 3. The van der Waals surface area contributed by atoms with Crippen LogP contribution >= 0.6 is 15.9 Å². The molecule has 0 radical (unpaired) electrons. The molecule has 0 atom stereocenters. The Hall–Kier alpha value is -3.77. The van der Waals surface area contributed by atoms with Crippen molar-refractivity contribution in [3.8, 4) is 22.5 Å². The molecular weight excluding hydrogens is 507 g/mol. The minimum Gasteiger partial charge on any atom is -0.436 e. The number of nitrogens with zero attached hydrogens (tertiary/aromatic N) is 1. The van der Waals surface area contributed by atoms with E-state index in [1.807, 2.05) is 48.5 Å². The van der Waals surface area contributed by atoms with Crippen LogP contribution in [0.5, 0.6) is 0 Å². The van der Waals surface area contributed by atoms with Crippen molar-refractivity contribution in [2.45, 2.75) is 18.4 Å². The van der Waals surface area contributed by atoms with Gasteiger partial charge in [-0.2, -0.15) is 0 Å². The first-order valence-corrected chi connectivity index (χ1v) is 12.1. The van der Waals surface area contributed by atoms with Crippen LogP contribution in [0.2, 0.25) is 0 Å². The van der Waals surface area contributed by atoms with Gasteiger partial charge in [0, 0.05) is 22.9 Å². The standard InChI is InChI=1S/C29H20BrFN2O2/c30-25-24-16-21(17-32-28(24)35-26(25)18-9-11-23(31)12-10-18)19-5-4-6-20(15-19)27(34)33-29(13-14-29)22-7-2-1-3-8-22/h1-12,15-17H,13-14H2,(H,33,34). The molecule has 172 valence electrons. The first-order chi connectivity index (χ1) is 17.0. The van der Waals surface area contributed by atoms with E-state index in [1.54, 1.807) is 18.3 Å². The van der Waals surface area contributed by atoms with E-state index < -0.39 is 0 Å². The second-order valence-corrected chi connectivity index (χ2v) is 9.60. The number of carbonyl (C=O) groups is 1. The zero-order valence-corrected chi connectivity index (χ0v) is 20.2. The highest BCUT2D eigenvalue weighted by atomic mass is 79.9. The third kappa shape index (κ3) is 4.04. The largest absolute Gasteiger partial charge is 0.436 e. The van der Waals surface area contributed by atoms with E-state index in [2.05, 4.69) is 38.4 Å². The maximum absolute atomic E-state index is 13.3. The van der Waals surface area contributed by atoms with Gasteiger partial charge in [-0.25, -0.2) is 9.37 Å². The first-order valence-electron chi connectivity index (χ1n) is 11.3. The molecule has 0 bridgehead atoms. The maximum Gasteiger partial charge on any atom is 0.251 e. The van der Waals surface area contributed by atoms with Gasteiger partial charge in [0.15, 0.2) is 5.76 Å². The van der Waals surface area contributed by atoms with Crippen LogP contribution in [0, 0.1) is 5.82 Å². The van der Waals surface area contributed by atoms with Crippen LogP contribution in [0.4, 0.5) is 4.39 Å². The summed E-state index contributed by atoms with van der Waals surface area (Å²) in [6, 6.07) is 25.8. The Labute approximate surface area is 209 Å². The number of furan rings is 1. The summed E-state index contributed by atoms with van der Waals surface area (Å²) in [5.41, 5.74) is 4.45. The fourth-order valence-electron chi connectivity index (χ4n) is 4.40. The number of aromatic nitrogens is 1. The summed E-state index contributed by atoms with van der Waals surface area (Å²) in [6.07, 6.45) is 3.61. The van der Waals surface area contributed by atoms with Crippen LogP contribution in [0.15, 0.2) is 100 Å². The summed E-state index contributed by atoms with van der Waals surface area (Å²) >= 11 is 3.62. The van der Waals surface area contributed by atoms with E-state index in [1.165, 1.54) is 12.1 Å². The molecule has 4 nitrogen and oxygen atoms in total. The number of benzene rings is 3. The van der Waals surface area contributed by atoms with E-state index in [-0.39, 0.29) is 17.3 Å². The minimum atomic E-state index is -0.304. The summed E-state index contributed by atoms with van der Waals surface area (Å²) in [6.45, 7) is 0. The van der Waals surface area contributed by atoms with Gasteiger partial charge in [-0.05, 0) is 82.4 Å². The molecule has 35 heavy (non-hydrogen) atoms. The van der Waals surface area contributed by atoms with Crippen LogP contribution in [-0.2, 0) is 5.54 Å². The molecule has 1 aliphatic carbocycles. The van der Waals surface area contributed by atoms with Crippen LogP contribution in [-0.4, -0.2) is 10.9 Å². The lowest BCUT2D eigenvalue weighted by Gasteiger charge is -2.18. The summed E-state index contributed by atoms with van der Waals surface area (Å²) in [5, 5.41) is 4.04. The van der Waals surface area contributed by atoms with Crippen LogP contribution in [0.1, 0.15) is 28.8 Å². The summed E-state index contributed by atoms with van der Waals surface area (Å²) < 4.78 is 20.0. The van der Waals surface area contributed by atoms with Crippen LogP contribution in [0.3, 0.4) is 0 Å². The average molecular weight is 527 g/mol. The molecule has 1 amide bonds. The Bertz CT molecular complexity index is 1560. The molecule has 0 saturated heterocycles. The summed E-state index contributed by atoms with van der Waals surface area (Å²) in [5.74, 6) is 0.195. The molecule has 1 aliphatic rings. The van der Waals surface area contributed by atoms with Gasteiger partial charge < -0.3 is 9.73 Å². The second-order valence-electron chi connectivity index (χ2n) is 8.81. The van der Waals surface area contributed by atoms with Crippen molar-refractivity contribution in [2.24, 2.45) is 0 Å². The zero-order chi connectivity index (χ0) is 24.0. The van der Waals surface area contributed by atoms with Crippen molar-refractivity contribution in [3.63, 3.8) is 0 Å².